The molecular weight excluding hydrogens is 254 g/mol. The van der Waals surface area contributed by atoms with Crippen LogP contribution in [0.1, 0.15) is 16.9 Å². The summed E-state index contributed by atoms with van der Waals surface area (Å²) in [6, 6.07) is 7.81. The van der Waals surface area contributed by atoms with E-state index in [-0.39, 0.29) is 6.10 Å². The molecule has 2 heterocycles. The zero-order chi connectivity index (χ0) is 12.1. The molecule has 17 heavy (non-hydrogen) atoms. The van der Waals surface area contributed by atoms with Gasteiger partial charge < -0.3 is 5.11 Å². The van der Waals surface area contributed by atoms with Gasteiger partial charge >= 0.3 is 0 Å². The van der Waals surface area contributed by atoms with E-state index in [2.05, 4.69) is 4.98 Å². The van der Waals surface area contributed by atoms with Crippen LogP contribution in [0.15, 0.2) is 36.7 Å². The van der Waals surface area contributed by atoms with Gasteiger partial charge in [0.2, 0.25) is 0 Å². The van der Waals surface area contributed by atoms with Crippen molar-refractivity contribution in [1.29, 1.82) is 0 Å². The summed E-state index contributed by atoms with van der Waals surface area (Å²) >= 11 is 7.38. The van der Waals surface area contributed by atoms with Gasteiger partial charge in [0.1, 0.15) is 0 Å². The van der Waals surface area contributed by atoms with Crippen molar-refractivity contribution < 1.29 is 5.11 Å². The smallest absolute Gasteiger partial charge is 0.0931 e. The van der Waals surface area contributed by atoms with E-state index in [1.54, 1.807) is 12.4 Å². The molecule has 0 amide bonds. The molecule has 1 N–H and O–H groups in total. The molecule has 2 aromatic heterocycles. The minimum atomic E-state index is -0.308. The topological polar surface area (TPSA) is 33.1 Å². The first-order valence-corrected chi connectivity index (χ1v) is 6.74. The number of aliphatic hydroxyl groups excluding tert-OH is 1. The van der Waals surface area contributed by atoms with Gasteiger partial charge in [-0.2, -0.15) is 0 Å². The standard InChI is InChI=1S/C13H14ClNOS/c14-13-4-3-12(17-13)9-11(16)2-1-10-5-7-15-8-6-10/h3-8,11,16H,1-2,9H2. The van der Waals surface area contributed by atoms with Crippen molar-refractivity contribution in [3.8, 4) is 0 Å². The Morgan fingerprint density at radius 1 is 1.24 bits per heavy atom. The Hall–Kier alpha value is -0.900. The van der Waals surface area contributed by atoms with Crippen molar-refractivity contribution in [3.05, 3.63) is 51.4 Å². The molecule has 0 saturated heterocycles. The summed E-state index contributed by atoms with van der Waals surface area (Å²) in [5.74, 6) is 0. The first-order valence-electron chi connectivity index (χ1n) is 5.55. The molecule has 0 spiro atoms. The molecular formula is C13H14ClNOS. The van der Waals surface area contributed by atoms with Crippen LogP contribution in [0.25, 0.3) is 0 Å². The van der Waals surface area contributed by atoms with E-state index in [1.165, 1.54) is 16.9 Å². The predicted molar refractivity (Wildman–Crippen MR) is 71.6 cm³/mol. The average Bonchev–Trinajstić information content (AvgIpc) is 2.73. The van der Waals surface area contributed by atoms with Crippen molar-refractivity contribution in [1.82, 2.24) is 4.98 Å². The summed E-state index contributed by atoms with van der Waals surface area (Å²) in [7, 11) is 0. The highest BCUT2D eigenvalue weighted by Gasteiger charge is 2.07. The average molecular weight is 268 g/mol. The minimum absolute atomic E-state index is 0.308. The number of halogens is 1. The molecule has 0 aliphatic heterocycles. The largest absolute Gasteiger partial charge is 0.393 e. The second-order valence-electron chi connectivity index (χ2n) is 3.96. The molecule has 0 radical (unpaired) electrons. The van der Waals surface area contributed by atoms with Crippen LogP contribution in [0.2, 0.25) is 4.34 Å². The second-order valence-corrected chi connectivity index (χ2v) is 5.76. The Morgan fingerprint density at radius 3 is 2.65 bits per heavy atom. The summed E-state index contributed by atoms with van der Waals surface area (Å²) in [5.41, 5.74) is 1.21. The maximum atomic E-state index is 9.92. The Morgan fingerprint density at radius 2 is 2.00 bits per heavy atom. The van der Waals surface area contributed by atoms with Crippen molar-refractivity contribution >= 4 is 22.9 Å². The lowest BCUT2D eigenvalue weighted by atomic mass is 10.1. The fourth-order valence-electron chi connectivity index (χ4n) is 1.68. The van der Waals surface area contributed by atoms with Crippen LogP contribution in [-0.2, 0) is 12.8 Å². The highest BCUT2D eigenvalue weighted by atomic mass is 35.5. The van der Waals surface area contributed by atoms with Crippen molar-refractivity contribution in [2.45, 2.75) is 25.4 Å². The van der Waals surface area contributed by atoms with Gasteiger partial charge in [0, 0.05) is 23.7 Å². The first-order chi connectivity index (χ1) is 8.24. The van der Waals surface area contributed by atoms with E-state index >= 15 is 0 Å². The number of aromatic nitrogens is 1. The molecule has 0 bridgehead atoms. The van der Waals surface area contributed by atoms with Gasteiger partial charge in [-0.3, -0.25) is 4.98 Å². The van der Waals surface area contributed by atoms with Crippen LogP contribution in [0.4, 0.5) is 0 Å². The molecule has 0 aliphatic rings. The van der Waals surface area contributed by atoms with Crippen LogP contribution in [0.3, 0.4) is 0 Å². The summed E-state index contributed by atoms with van der Waals surface area (Å²) < 4.78 is 0.779. The van der Waals surface area contributed by atoms with E-state index in [1.807, 2.05) is 24.3 Å². The Kier molecular flexibility index (Phi) is 4.54. The van der Waals surface area contributed by atoms with Gasteiger partial charge in [-0.15, -0.1) is 11.3 Å². The van der Waals surface area contributed by atoms with Crippen molar-refractivity contribution in [2.75, 3.05) is 0 Å². The lowest BCUT2D eigenvalue weighted by Crippen LogP contribution is -2.10. The van der Waals surface area contributed by atoms with E-state index in [4.69, 9.17) is 11.6 Å². The van der Waals surface area contributed by atoms with Crippen LogP contribution >= 0.6 is 22.9 Å². The van der Waals surface area contributed by atoms with E-state index in [0.29, 0.717) is 6.42 Å². The third kappa shape index (κ3) is 4.11. The highest BCUT2D eigenvalue weighted by molar-refractivity contribution is 7.16. The van der Waals surface area contributed by atoms with Crippen LogP contribution in [-0.4, -0.2) is 16.2 Å². The molecule has 0 fully saturated rings. The fraction of sp³-hybridized carbons (Fsp3) is 0.308. The van der Waals surface area contributed by atoms with Gasteiger partial charge in [-0.25, -0.2) is 0 Å². The number of rotatable bonds is 5. The zero-order valence-corrected chi connectivity index (χ0v) is 10.9. The van der Waals surface area contributed by atoms with E-state index in [9.17, 15) is 5.11 Å². The quantitative estimate of drug-likeness (QED) is 0.901. The summed E-state index contributed by atoms with van der Waals surface area (Å²) in [6.45, 7) is 0. The summed E-state index contributed by atoms with van der Waals surface area (Å²) in [4.78, 5) is 5.10. The number of nitrogens with zero attached hydrogens (tertiary/aromatic N) is 1. The Labute approximate surface area is 110 Å². The van der Waals surface area contributed by atoms with Gasteiger partial charge in [0.05, 0.1) is 10.4 Å². The number of thiophene rings is 1. The normalized spacial score (nSPS) is 12.6. The fourth-order valence-corrected chi connectivity index (χ4v) is 2.84. The SMILES string of the molecule is OC(CCc1ccncc1)Cc1ccc(Cl)s1. The van der Waals surface area contributed by atoms with Gasteiger partial charge in [-0.1, -0.05) is 11.6 Å². The predicted octanol–water partition coefficient (Wildman–Crippen LogP) is 3.33. The molecule has 2 nitrogen and oxygen atoms in total. The van der Waals surface area contributed by atoms with Crippen LogP contribution < -0.4 is 0 Å². The highest BCUT2D eigenvalue weighted by Crippen LogP contribution is 2.23. The van der Waals surface area contributed by atoms with E-state index < -0.39 is 0 Å². The minimum Gasteiger partial charge on any atom is -0.393 e. The molecule has 0 aliphatic carbocycles. The van der Waals surface area contributed by atoms with Gasteiger partial charge in [0.15, 0.2) is 0 Å². The Bertz CT molecular complexity index is 457. The van der Waals surface area contributed by atoms with Crippen molar-refractivity contribution in [2.24, 2.45) is 0 Å². The molecule has 2 aromatic rings. The summed E-state index contributed by atoms with van der Waals surface area (Å²) in [6.07, 6.45) is 5.57. The van der Waals surface area contributed by atoms with Crippen LogP contribution in [0.5, 0.6) is 0 Å². The number of pyridine rings is 1. The molecule has 2 rings (SSSR count). The molecule has 4 heteroatoms. The second kappa shape index (κ2) is 6.15. The number of aliphatic hydroxyl groups is 1. The van der Waals surface area contributed by atoms with Crippen LogP contribution in [0, 0.1) is 0 Å². The van der Waals surface area contributed by atoms with E-state index in [0.717, 1.165) is 22.1 Å². The molecule has 1 atom stereocenters. The Balaban J connectivity index is 1.80. The first kappa shape index (κ1) is 12.6. The molecule has 90 valence electrons. The summed E-state index contributed by atoms with van der Waals surface area (Å²) in [5, 5.41) is 9.92. The molecule has 1 unspecified atom stereocenters. The maximum absolute atomic E-state index is 9.92. The maximum Gasteiger partial charge on any atom is 0.0931 e. The lowest BCUT2D eigenvalue weighted by Gasteiger charge is -2.08. The number of hydrogen-bond acceptors (Lipinski definition) is 3. The van der Waals surface area contributed by atoms with Gasteiger partial charge in [0.25, 0.3) is 0 Å². The molecule has 0 saturated carbocycles. The van der Waals surface area contributed by atoms with Gasteiger partial charge in [-0.05, 0) is 42.7 Å². The number of hydrogen-bond donors (Lipinski definition) is 1. The monoisotopic (exact) mass is 267 g/mol. The lowest BCUT2D eigenvalue weighted by molar-refractivity contribution is 0.166. The third-order valence-electron chi connectivity index (χ3n) is 2.58. The number of aryl methyl sites for hydroxylation is 1. The zero-order valence-electron chi connectivity index (χ0n) is 9.34. The molecule has 0 aromatic carbocycles. The van der Waals surface area contributed by atoms with Crippen molar-refractivity contribution in [3.63, 3.8) is 0 Å². The third-order valence-corrected chi connectivity index (χ3v) is 3.83.